The minimum absolute atomic E-state index is 0.0218. The summed E-state index contributed by atoms with van der Waals surface area (Å²) in [6.07, 6.45) is 7.01. The van der Waals surface area contributed by atoms with Crippen LogP contribution in [0, 0.1) is 12.3 Å². The van der Waals surface area contributed by atoms with E-state index in [9.17, 15) is 4.79 Å². The van der Waals surface area contributed by atoms with Crippen LogP contribution in [-0.2, 0) is 4.79 Å². The summed E-state index contributed by atoms with van der Waals surface area (Å²) in [5.74, 6) is 2.62. The van der Waals surface area contributed by atoms with Gasteiger partial charge in [-0.25, -0.2) is 0 Å². The van der Waals surface area contributed by atoms with Crippen LogP contribution < -0.4 is 10.6 Å². The van der Waals surface area contributed by atoms with Crippen LogP contribution in [0.1, 0.15) is 26.7 Å². The lowest BCUT2D eigenvalue weighted by molar-refractivity contribution is -0.125. The summed E-state index contributed by atoms with van der Waals surface area (Å²) >= 11 is 0. The van der Waals surface area contributed by atoms with Gasteiger partial charge in [0.2, 0.25) is 5.91 Å². The van der Waals surface area contributed by atoms with E-state index in [2.05, 4.69) is 16.6 Å². The van der Waals surface area contributed by atoms with Crippen molar-refractivity contribution >= 4 is 5.91 Å². The summed E-state index contributed by atoms with van der Waals surface area (Å²) in [6.45, 7) is 4.76. The molecule has 3 nitrogen and oxygen atoms in total. The SMILES string of the molecule is C#CC(C)(CC)NC(=O)C1CCN1. The molecule has 1 heterocycles. The van der Waals surface area contributed by atoms with E-state index in [4.69, 9.17) is 6.42 Å². The number of hydrogen-bond donors (Lipinski definition) is 2. The van der Waals surface area contributed by atoms with Crippen LogP contribution in [-0.4, -0.2) is 24.0 Å². The second-order valence-corrected chi connectivity index (χ2v) is 3.61. The van der Waals surface area contributed by atoms with Gasteiger partial charge in [0.15, 0.2) is 0 Å². The van der Waals surface area contributed by atoms with E-state index in [0.29, 0.717) is 0 Å². The Kier molecular flexibility index (Phi) is 2.94. The molecule has 3 heteroatoms. The molecule has 1 fully saturated rings. The largest absolute Gasteiger partial charge is 0.339 e. The first-order chi connectivity index (χ1) is 6.11. The summed E-state index contributed by atoms with van der Waals surface area (Å²) in [4.78, 5) is 11.5. The van der Waals surface area contributed by atoms with Crippen molar-refractivity contribution in [3.8, 4) is 12.3 Å². The highest BCUT2D eigenvalue weighted by Crippen LogP contribution is 2.09. The van der Waals surface area contributed by atoms with Crippen molar-refractivity contribution in [2.24, 2.45) is 0 Å². The maximum absolute atomic E-state index is 11.5. The van der Waals surface area contributed by atoms with Gasteiger partial charge in [0, 0.05) is 0 Å². The van der Waals surface area contributed by atoms with Crippen molar-refractivity contribution < 1.29 is 4.79 Å². The predicted molar refractivity (Wildman–Crippen MR) is 52.1 cm³/mol. The van der Waals surface area contributed by atoms with E-state index < -0.39 is 5.54 Å². The maximum atomic E-state index is 11.5. The normalized spacial score (nSPS) is 25.2. The predicted octanol–water partition coefficient (Wildman–Crippen LogP) is 0.266. The van der Waals surface area contributed by atoms with Gasteiger partial charge in [0.1, 0.15) is 0 Å². The highest BCUT2D eigenvalue weighted by atomic mass is 16.2. The molecule has 1 aliphatic rings. The van der Waals surface area contributed by atoms with Crippen molar-refractivity contribution in [3.05, 3.63) is 0 Å². The summed E-state index contributed by atoms with van der Waals surface area (Å²) < 4.78 is 0. The van der Waals surface area contributed by atoms with E-state index in [1.165, 1.54) is 0 Å². The highest BCUT2D eigenvalue weighted by molar-refractivity contribution is 5.83. The second kappa shape index (κ2) is 3.80. The molecule has 0 aromatic heterocycles. The number of amides is 1. The molecule has 1 saturated heterocycles. The number of terminal acetylenes is 1. The zero-order valence-electron chi connectivity index (χ0n) is 8.18. The molecule has 0 aromatic carbocycles. The Morgan fingerprint density at radius 2 is 2.46 bits per heavy atom. The van der Waals surface area contributed by atoms with Crippen molar-refractivity contribution in [1.82, 2.24) is 10.6 Å². The molecule has 1 rings (SSSR count). The molecular weight excluding hydrogens is 164 g/mol. The summed E-state index contributed by atoms with van der Waals surface area (Å²) in [7, 11) is 0. The third kappa shape index (κ3) is 2.22. The number of rotatable bonds is 3. The fourth-order valence-electron chi connectivity index (χ4n) is 1.10. The second-order valence-electron chi connectivity index (χ2n) is 3.61. The molecule has 2 atom stereocenters. The number of nitrogens with one attached hydrogen (secondary N) is 2. The Bertz CT molecular complexity index is 240. The summed E-state index contributed by atoms with van der Waals surface area (Å²) in [6, 6.07) is -0.0285. The van der Waals surface area contributed by atoms with Gasteiger partial charge in [0.25, 0.3) is 0 Å². The summed E-state index contributed by atoms with van der Waals surface area (Å²) in [5.41, 5.74) is -0.492. The smallest absolute Gasteiger partial charge is 0.238 e. The molecule has 13 heavy (non-hydrogen) atoms. The molecule has 2 N–H and O–H groups in total. The van der Waals surface area contributed by atoms with Crippen molar-refractivity contribution in [3.63, 3.8) is 0 Å². The van der Waals surface area contributed by atoms with Crippen LogP contribution in [0.3, 0.4) is 0 Å². The Morgan fingerprint density at radius 3 is 2.77 bits per heavy atom. The standard InChI is InChI=1S/C10H16N2O/c1-4-10(3,5-2)12-9(13)8-6-7-11-8/h1,8,11H,5-7H2,2-3H3,(H,12,13). The van der Waals surface area contributed by atoms with Gasteiger partial charge in [-0.15, -0.1) is 6.42 Å². The van der Waals surface area contributed by atoms with E-state index in [-0.39, 0.29) is 11.9 Å². The fourth-order valence-corrected chi connectivity index (χ4v) is 1.10. The van der Waals surface area contributed by atoms with Crippen LogP contribution in [0.25, 0.3) is 0 Å². The molecule has 1 amide bonds. The highest BCUT2D eigenvalue weighted by Gasteiger charge is 2.29. The zero-order valence-corrected chi connectivity index (χ0v) is 8.18. The molecule has 1 aliphatic heterocycles. The van der Waals surface area contributed by atoms with Gasteiger partial charge >= 0.3 is 0 Å². The fraction of sp³-hybridized carbons (Fsp3) is 0.700. The van der Waals surface area contributed by atoms with Gasteiger partial charge in [-0.05, 0) is 26.3 Å². The van der Waals surface area contributed by atoms with Gasteiger partial charge in [-0.1, -0.05) is 12.8 Å². The summed E-state index contributed by atoms with van der Waals surface area (Å²) in [5, 5.41) is 5.89. The quantitative estimate of drug-likeness (QED) is 0.612. The number of hydrogen-bond acceptors (Lipinski definition) is 2. The van der Waals surface area contributed by atoms with Gasteiger partial charge < -0.3 is 10.6 Å². The first-order valence-electron chi connectivity index (χ1n) is 4.64. The first-order valence-corrected chi connectivity index (χ1v) is 4.64. The Morgan fingerprint density at radius 1 is 1.85 bits per heavy atom. The Balaban J connectivity index is 2.46. The molecule has 0 bridgehead atoms. The van der Waals surface area contributed by atoms with Crippen molar-refractivity contribution in [1.29, 1.82) is 0 Å². The van der Waals surface area contributed by atoms with Gasteiger partial charge in [-0.3, -0.25) is 4.79 Å². The molecule has 0 radical (unpaired) electrons. The third-order valence-corrected chi connectivity index (χ3v) is 2.57. The molecule has 72 valence electrons. The third-order valence-electron chi connectivity index (χ3n) is 2.57. The van der Waals surface area contributed by atoms with Crippen molar-refractivity contribution in [2.45, 2.75) is 38.3 Å². The van der Waals surface area contributed by atoms with E-state index in [1.54, 1.807) is 0 Å². The van der Waals surface area contributed by atoms with Gasteiger partial charge in [0.05, 0.1) is 11.6 Å². The lowest BCUT2D eigenvalue weighted by atomic mass is 9.98. The van der Waals surface area contributed by atoms with Crippen LogP contribution in [0.5, 0.6) is 0 Å². The molecular formula is C10H16N2O. The Labute approximate surface area is 79.3 Å². The zero-order chi connectivity index (χ0) is 9.90. The minimum atomic E-state index is -0.492. The van der Waals surface area contributed by atoms with Crippen LogP contribution in [0.2, 0.25) is 0 Å². The van der Waals surface area contributed by atoms with E-state index in [0.717, 1.165) is 19.4 Å². The molecule has 2 unspecified atom stereocenters. The molecule has 0 spiro atoms. The van der Waals surface area contributed by atoms with Crippen molar-refractivity contribution in [2.75, 3.05) is 6.54 Å². The molecule has 0 aliphatic carbocycles. The average Bonchev–Trinajstić information content (AvgIpc) is 2.01. The number of carbonyl (C=O) groups excluding carboxylic acids is 1. The van der Waals surface area contributed by atoms with E-state index in [1.807, 2.05) is 13.8 Å². The molecule has 0 saturated carbocycles. The lowest BCUT2D eigenvalue weighted by Crippen LogP contribution is -2.57. The van der Waals surface area contributed by atoms with Crippen LogP contribution in [0.4, 0.5) is 0 Å². The number of carbonyl (C=O) groups is 1. The van der Waals surface area contributed by atoms with Crippen LogP contribution in [0.15, 0.2) is 0 Å². The maximum Gasteiger partial charge on any atom is 0.238 e. The average molecular weight is 180 g/mol. The lowest BCUT2D eigenvalue weighted by Gasteiger charge is -2.31. The minimum Gasteiger partial charge on any atom is -0.339 e. The van der Waals surface area contributed by atoms with Crippen LogP contribution >= 0.6 is 0 Å². The van der Waals surface area contributed by atoms with E-state index >= 15 is 0 Å². The van der Waals surface area contributed by atoms with Gasteiger partial charge in [-0.2, -0.15) is 0 Å². The first kappa shape index (κ1) is 10.1. The molecule has 0 aromatic rings. The Hall–Kier alpha value is -1.01. The topological polar surface area (TPSA) is 41.1 Å². The monoisotopic (exact) mass is 180 g/mol.